The molecule has 1 amide bonds. The number of carbonyl (C=O) groups is 1. The van der Waals surface area contributed by atoms with Crippen LogP contribution in [0, 0.1) is 13.8 Å². The molecule has 120 valence electrons. The van der Waals surface area contributed by atoms with Gasteiger partial charge in [-0.1, -0.05) is 30.3 Å². The first-order valence-corrected chi connectivity index (χ1v) is 7.93. The molecule has 0 saturated carbocycles. The van der Waals surface area contributed by atoms with E-state index in [0.717, 1.165) is 28.3 Å². The summed E-state index contributed by atoms with van der Waals surface area (Å²) in [5.74, 6) is -0.0689. The molecule has 2 N–H and O–H groups in total. The topological polar surface area (TPSA) is 59.0 Å². The summed E-state index contributed by atoms with van der Waals surface area (Å²) in [5.41, 5.74) is 5.43. The average molecular weight is 318 g/mol. The van der Waals surface area contributed by atoms with Crippen LogP contribution in [0.25, 0.3) is 5.69 Å². The van der Waals surface area contributed by atoms with Gasteiger partial charge in [0.05, 0.1) is 16.9 Å². The predicted molar refractivity (Wildman–Crippen MR) is 93.3 cm³/mol. The Hall–Kier alpha value is -3.08. The first-order chi connectivity index (χ1) is 11.6. The highest BCUT2D eigenvalue weighted by atomic mass is 16.2. The molecule has 24 heavy (non-hydrogen) atoms. The minimum absolute atomic E-state index is 0.0689. The maximum absolute atomic E-state index is 12.4. The number of fused-ring (bicyclic) bond motifs is 1. The number of hydrogen-bond acceptors (Lipinski definition) is 3. The molecule has 0 fully saturated rings. The van der Waals surface area contributed by atoms with E-state index in [1.54, 1.807) is 0 Å². The normalized spacial score (nSPS) is 16.2. The van der Waals surface area contributed by atoms with Crippen LogP contribution in [0.15, 0.2) is 54.6 Å². The Morgan fingerprint density at radius 1 is 0.958 bits per heavy atom. The molecule has 1 aromatic heterocycles. The van der Waals surface area contributed by atoms with Crippen molar-refractivity contribution in [3.63, 3.8) is 0 Å². The van der Waals surface area contributed by atoms with Gasteiger partial charge in [0.1, 0.15) is 6.17 Å². The van der Waals surface area contributed by atoms with Crippen molar-refractivity contribution in [3.05, 3.63) is 77.1 Å². The smallest absolute Gasteiger partial charge is 0.255 e. The fourth-order valence-corrected chi connectivity index (χ4v) is 3.24. The van der Waals surface area contributed by atoms with Gasteiger partial charge in [0, 0.05) is 16.9 Å². The van der Waals surface area contributed by atoms with E-state index in [1.807, 2.05) is 73.1 Å². The SMILES string of the molecule is Cc1nn(-c2ccccc2)c(C)c1[C@H]1NC(=O)c2ccccc2N1. The first kappa shape index (κ1) is 14.5. The first-order valence-electron chi connectivity index (χ1n) is 7.93. The van der Waals surface area contributed by atoms with Gasteiger partial charge in [-0.15, -0.1) is 0 Å². The third kappa shape index (κ3) is 2.25. The molecule has 5 heteroatoms. The van der Waals surface area contributed by atoms with Crippen LogP contribution >= 0.6 is 0 Å². The Kier molecular flexibility index (Phi) is 3.34. The van der Waals surface area contributed by atoms with Gasteiger partial charge in [0.2, 0.25) is 0 Å². The van der Waals surface area contributed by atoms with Gasteiger partial charge in [-0.3, -0.25) is 4.79 Å². The predicted octanol–water partition coefficient (Wildman–Crippen LogP) is 3.34. The Morgan fingerprint density at radius 3 is 2.46 bits per heavy atom. The van der Waals surface area contributed by atoms with Crippen LogP contribution in [-0.2, 0) is 0 Å². The van der Waals surface area contributed by atoms with Gasteiger partial charge in [0.25, 0.3) is 5.91 Å². The molecule has 5 nitrogen and oxygen atoms in total. The highest BCUT2D eigenvalue weighted by Crippen LogP contribution is 2.30. The molecule has 1 atom stereocenters. The Bertz CT molecular complexity index is 914. The van der Waals surface area contributed by atoms with Crippen molar-refractivity contribution in [2.24, 2.45) is 0 Å². The minimum Gasteiger partial charge on any atom is -0.361 e. The molecule has 0 spiro atoms. The van der Waals surface area contributed by atoms with E-state index >= 15 is 0 Å². The molecule has 0 bridgehead atoms. The van der Waals surface area contributed by atoms with Gasteiger partial charge in [0.15, 0.2) is 0 Å². The number of nitrogens with one attached hydrogen (secondary N) is 2. The largest absolute Gasteiger partial charge is 0.361 e. The van der Waals surface area contributed by atoms with Gasteiger partial charge in [-0.2, -0.15) is 5.10 Å². The van der Waals surface area contributed by atoms with Crippen LogP contribution in [0.2, 0.25) is 0 Å². The molecule has 2 aromatic carbocycles. The second-order valence-corrected chi connectivity index (χ2v) is 5.93. The van der Waals surface area contributed by atoms with Crippen molar-refractivity contribution in [1.82, 2.24) is 15.1 Å². The zero-order valence-electron chi connectivity index (χ0n) is 13.6. The second kappa shape index (κ2) is 5.53. The number of aryl methyl sites for hydroxylation is 1. The summed E-state index contributed by atoms with van der Waals surface area (Å²) in [5, 5.41) is 11.1. The molecular weight excluding hydrogens is 300 g/mol. The molecule has 0 aliphatic carbocycles. The third-order valence-electron chi connectivity index (χ3n) is 4.38. The zero-order valence-corrected chi connectivity index (χ0v) is 13.6. The van der Waals surface area contributed by atoms with Crippen molar-refractivity contribution < 1.29 is 4.79 Å². The van der Waals surface area contributed by atoms with E-state index in [0.29, 0.717) is 5.56 Å². The number of carbonyl (C=O) groups excluding carboxylic acids is 1. The standard InChI is InChI=1S/C19H18N4O/c1-12-17(13(2)23(22-12)14-8-4-3-5-9-14)18-20-16-11-7-6-10-15(16)19(24)21-18/h3-11,18,20H,1-2H3,(H,21,24)/t18-/m1/s1. The number of hydrogen-bond donors (Lipinski definition) is 2. The summed E-state index contributed by atoms with van der Waals surface area (Å²) in [6.45, 7) is 3.99. The number of aromatic nitrogens is 2. The van der Waals surface area contributed by atoms with Crippen LogP contribution in [-0.4, -0.2) is 15.7 Å². The summed E-state index contributed by atoms with van der Waals surface area (Å²) >= 11 is 0. The second-order valence-electron chi connectivity index (χ2n) is 5.93. The van der Waals surface area contributed by atoms with Crippen LogP contribution < -0.4 is 10.6 Å². The van der Waals surface area contributed by atoms with Crippen molar-refractivity contribution in [2.75, 3.05) is 5.32 Å². The van der Waals surface area contributed by atoms with Gasteiger partial charge < -0.3 is 10.6 Å². The highest BCUT2D eigenvalue weighted by molar-refractivity contribution is 6.01. The monoisotopic (exact) mass is 318 g/mol. The number of amides is 1. The lowest BCUT2D eigenvalue weighted by Gasteiger charge is -2.28. The van der Waals surface area contributed by atoms with Crippen molar-refractivity contribution in [1.29, 1.82) is 0 Å². The van der Waals surface area contributed by atoms with E-state index < -0.39 is 0 Å². The van der Waals surface area contributed by atoms with Crippen molar-refractivity contribution in [3.8, 4) is 5.69 Å². The summed E-state index contributed by atoms with van der Waals surface area (Å²) < 4.78 is 1.92. The lowest BCUT2D eigenvalue weighted by atomic mass is 10.0. The molecule has 0 unspecified atom stereocenters. The Balaban J connectivity index is 1.76. The summed E-state index contributed by atoms with van der Waals surface area (Å²) in [6.07, 6.45) is -0.287. The van der Waals surface area contributed by atoms with Gasteiger partial charge in [-0.25, -0.2) is 4.68 Å². The van der Waals surface area contributed by atoms with Crippen molar-refractivity contribution >= 4 is 11.6 Å². The summed E-state index contributed by atoms with van der Waals surface area (Å²) in [6, 6.07) is 17.5. The fraction of sp³-hybridized carbons (Fsp3) is 0.158. The number of rotatable bonds is 2. The van der Waals surface area contributed by atoms with E-state index in [2.05, 4.69) is 15.7 Å². The number of benzene rings is 2. The van der Waals surface area contributed by atoms with E-state index in [-0.39, 0.29) is 12.1 Å². The van der Waals surface area contributed by atoms with Crippen LogP contribution in [0.5, 0.6) is 0 Å². The van der Waals surface area contributed by atoms with Gasteiger partial charge >= 0.3 is 0 Å². The van der Waals surface area contributed by atoms with Crippen LogP contribution in [0.4, 0.5) is 5.69 Å². The summed E-state index contributed by atoms with van der Waals surface area (Å²) in [4.78, 5) is 12.4. The molecular formula is C19H18N4O. The lowest BCUT2D eigenvalue weighted by molar-refractivity contribution is 0.0935. The van der Waals surface area contributed by atoms with Crippen LogP contribution in [0.1, 0.15) is 33.5 Å². The molecule has 1 aliphatic heterocycles. The van der Waals surface area contributed by atoms with E-state index in [1.165, 1.54) is 0 Å². The third-order valence-corrected chi connectivity index (χ3v) is 4.38. The average Bonchev–Trinajstić information content (AvgIpc) is 2.90. The minimum atomic E-state index is -0.287. The van der Waals surface area contributed by atoms with Crippen molar-refractivity contribution in [2.45, 2.75) is 20.0 Å². The Morgan fingerprint density at radius 2 is 1.67 bits per heavy atom. The molecule has 1 aliphatic rings. The number of para-hydroxylation sites is 2. The lowest BCUT2D eigenvalue weighted by Crippen LogP contribution is -2.38. The Labute approximate surface area is 140 Å². The fourth-order valence-electron chi connectivity index (χ4n) is 3.24. The van der Waals surface area contributed by atoms with Crippen LogP contribution in [0.3, 0.4) is 0 Å². The molecule has 3 aromatic rings. The zero-order chi connectivity index (χ0) is 16.7. The van der Waals surface area contributed by atoms with E-state index in [4.69, 9.17) is 0 Å². The molecule has 4 rings (SSSR count). The van der Waals surface area contributed by atoms with E-state index in [9.17, 15) is 4.79 Å². The quantitative estimate of drug-likeness (QED) is 0.762. The molecule has 2 heterocycles. The maximum Gasteiger partial charge on any atom is 0.255 e. The molecule has 0 radical (unpaired) electrons. The highest BCUT2D eigenvalue weighted by Gasteiger charge is 2.28. The number of nitrogens with zero attached hydrogens (tertiary/aromatic N) is 2. The molecule has 0 saturated heterocycles. The van der Waals surface area contributed by atoms with Gasteiger partial charge in [-0.05, 0) is 38.1 Å². The maximum atomic E-state index is 12.4. The summed E-state index contributed by atoms with van der Waals surface area (Å²) in [7, 11) is 0. The number of anilines is 1.